The summed E-state index contributed by atoms with van der Waals surface area (Å²) in [6.07, 6.45) is 0. The monoisotopic (exact) mass is 367 g/mol. The molecule has 1 heterocycles. The smallest absolute Gasteiger partial charge is 0.206 e. The number of benzene rings is 4. The molecule has 0 aliphatic heterocycles. The first-order valence-corrected chi connectivity index (χ1v) is 9.48. The van der Waals surface area contributed by atoms with E-state index in [0.717, 1.165) is 33.1 Å². The second-order valence-corrected chi connectivity index (χ2v) is 7.42. The predicted octanol–water partition coefficient (Wildman–Crippen LogP) is 6.39. The van der Waals surface area contributed by atoms with Gasteiger partial charge in [-0.1, -0.05) is 54.6 Å². The number of fused-ring (bicyclic) bond motifs is 4. The topological polar surface area (TPSA) is 3.88 Å². The van der Waals surface area contributed by atoms with Gasteiger partial charge >= 0.3 is 0 Å². The average Bonchev–Trinajstić information content (AvgIpc) is 2.73. The zero-order valence-electron chi connectivity index (χ0n) is 17.2. The fourth-order valence-corrected chi connectivity index (χ4v) is 4.26. The third kappa shape index (κ3) is 2.34. The van der Waals surface area contributed by atoms with Crippen molar-refractivity contribution in [1.82, 2.24) is 0 Å². The van der Waals surface area contributed by atoms with E-state index in [1.807, 2.05) is 38.2 Å². The maximum Gasteiger partial charge on any atom is 0.221 e. The molecule has 28 heavy (non-hydrogen) atoms. The molecular formula is C26H21FN+. The largest absolute Gasteiger partial charge is 0.221 e. The van der Waals surface area contributed by atoms with E-state index in [0.29, 0.717) is 11.4 Å². The molecule has 0 radical (unpaired) electrons. The van der Waals surface area contributed by atoms with Crippen molar-refractivity contribution >= 4 is 32.3 Å². The maximum absolute atomic E-state index is 14.5. The first-order valence-electron chi connectivity index (χ1n) is 9.98. The van der Waals surface area contributed by atoms with E-state index in [9.17, 15) is 4.39 Å². The molecule has 5 rings (SSSR count). The predicted molar refractivity (Wildman–Crippen MR) is 115 cm³/mol. The minimum atomic E-state index is -0.252. The Hall–Kier alpha value is -3.26. The highest BCUT2D eigenvalue weighted by atomic mass is 19.1. The van der Waals surface area contributed by atoms with Crippen molar-refractivity contribution < 1.29 is 10.3 Å². The van der Waals surface area contributed by atoms with Gasteiger partial charge in [-0.25, -0.2) is 4.39 Å². The second kappa shape index (κ2) is 6.13. The van der Waals surface area contributed by atoms with Crippen LogP contribution in [0.2, 0.25) is 0 Å². The highest BCUT2D eigenvalue weighted by Crippen LogP contribution is 2.37. The zero-order valence-corrected chi connectivity index (χ0v) is 16.2. The average molecular weight is 367 g/mol. The van der Waals surface area contributed by atoms with Crippen LogP contribution in [0.25, 0.3) is 43.6 Å². The lowest BCUT2D eigenvalue weighted by Crippen LogP contribution is -2.35. The van der Waals surface area contributed by atoms with E-state index in [2.05, 4.69) is 41.8 Å². The molecule has 1 aromatic heterocycles. The van der Waals surface area contributed by atoms with Gasteiger partial charge in [-0.3, -0.25) is 0 Å². The minimum Gasteiger partial charge on any atom is -0.206 e. The van der Waals surface area contributed by atoms with Gasteiger partial charge in [0.1, 0.15) is 12.9 Å². The molecule has 0 aliphatic carbocycles. The van der Waals surface area contributed by atoms with Gasteiger partial charge in [0, 0.05) is 23.7 Å². The molecule has 5 aromatic rings. The Morgan fingerprint density at radius 1 is 0.750 bits per heavy atom. The molecule has 136 valence electrons. The van der Waals surface area contributed by atoms with Gasteiger partial charge in [0.15, 0.2) is 5.69 Å². The van der Waals surface area contributed by atoms with E-state index in [-0.39, 0.29) is 5.82 Å². The first-order chi connectivity index (χ1) is 14.0. The Bertz CT molecular complexity index is 1450. The molecule has 0 saturated heterocycles. The van der Waals surface area contributed by atoms with Crippen LogP contribution in [0.4, 0.5) is 4.39 Å². The van der Waals surface area contributed by atoms with E-state index in [1.54, 1.807) is 6.07 Å². The van der Waals surface area contributed by atoms with Crippen LogP contribution in [0.1, 0.15) is 12.6 Å². The second-order valence-electron chi connectivity index (χ2n) is 7.42. The molecule has 0 saturated carbocycles. The zero-order chi connectivity index (χ0) is 20.3. The molecule has 2 heteroatoms. The summed E-state index contributed by atoms with van der Waals surface area (Å²) in [5.74, 6) is -0.252. The summed E-state index contributed by atoms with van der Waals surface area (Å²) >= 11 is 0. The summed E-state index contributed by atoms with van der Waals surface area (Å²) in [6.45, 7) is 4.09. The molecular weight excluding hydrogens is 345 g/mol. The lowest BCUT2D eigenvalue weighted by Gasteiger charge is -2.14. The number of hydrogen-bond donors (Lipinski definition) is 0. The van der Waals surface area contributed by atoms with Crippen LogP contribution in [0.15, 0.2) is 72.8 Å². The van der Waals surface area contributed by atoms with Crippen LogP contribution in [-0.4, -0.2) is 0 Å². The Balaban J connectivity index is 2.06. The van der Waals surface area contributed by atoms with Gasteiger partial charge in [-0.2, -0.15) is 4.57 Å². The van der Waals surface area contributed by atoms with Crippen molar-refractivity contribution in [1.29, 1.82) is 0 Å². The highest BCUT2D eigenvalue weighted by molar-refractivity contribution is 6.13. The summed E-state index contributed by atoms with van der Waals surface area (Å²) < 4.78 is 25.4. The van der Waals surface area contributed by atoms with Gasteiger partial charge in [0.2, 0.25) is 5.69 Å². The van der Waals surface area contributed by atoms with Gasteiger partial charge in [0.25, 0.3) is 0 Å². The molecule has 0 spiro atoms. The van der Waals surface area contributed by atoms with E-state index >= 15 is 0 Å². The third-order valence-corrected chi connectivity index (χ3v) is 5.78. The van der Waals surface area contributed by atoms with Gasteiger partial charge in [-0.15, -0.1) is 0 Å². The quantitative estimate of drug-likeness (QED) is 0.239. The Labute approximate surface area is 165 Å². The van der Waals surface area contributed by atoms with Crippen molar-refractivity contribution in [3.8, 4) is 11.3 Å². The molecule has 0 atom stereocenters. The van der Waals surface area contributed by atoms with E-state index in [1.165, 1.54) is 22.4 Å². The lowest BCUT2D eigenvalue weighted by atomic mass is 9.92. The Kier molecular flexibility index (Phi) is 3.45. The van der Waals surface area contributed by atoms with Gasteiger partial charge < -0.3 is 0 Å². The number of hydrogen-bond acceptors (Lipinski definition) is 0. The standard InChI is InChI=1S/C26H21FN/c1-16-11-12-18-7-4-5-8-19(18)25(16)26-22-14-13-21-20(9-6-10-24(21)27)23(22)15-17(2)28(26)3/h4-15H,1-3H3/q+1/i15D. The summed E-state index contributed by atoms with van der Waals surface area (Å²) in [7, 11) is 2.01. The minimum absolute atomic E-state index is 0.252. The molecule has 0 unspecified atom stereocenters. The van der Waals surface area contributed by atoms with Crippen LogP contribution in [-0.2, 0) is 7.05 Å². The Morgan fingerprint density at radius 3 is 2.36 bits per heavy atom. The van der Waals surface area contributed by atoms with Crippen molar-refractivity contribution in [2.24, 2.45) is 7.05 Å². The van der Waals surface area contributed by atoms with Crippen LogP contribution in [0.5, 0.6) is 0 Å². The van der Waals surface area contributed by atoms with Gasteiger partial charge in [-0.05, 0) is 40.8 Å². The van der Waals surface area contributed by atoms with Crippen molar-refractivity contribution in [3.05, 3.63) is 89.8 Å². The lowest BCUT2D eigenvalue weighted by molar-refractivity contribution is -0.665. The molecule has 0 aliphatic rings. The summed E-state index contributed by atoms with van der Waals surface area (Å²) in [5, 5.41) is 5.49. The molecule has 0 N–H and O–H groups in total. The summed E-state index contributed by atoms with van der Waals surface area (Å²) in [6, 6.07) is 22.0. The van der Waals surface area contributed by atoms with Crippen molar-refractivity contribution in [3.63, 3.8) is 0 Å². The maximum atomic E-state index is 14.5. The first kappa shape index (κ1) is 15.8. The SMILES string of the molecule is [2H]c1c(C)[n+](C)c(-c2c(C)ccc3ccccc23)c2ccc3c(F)cccc3c12. The number of pyridine rings is 1. The van der Waals surface area contributed by atoms with Crippen LogP contribution in [0.3, 0.4) is 0 Å². The fourth-order valence-electron chi connectivity index (χ4n) is 4.26. The molecule has 0 bridgehead atoms. The summed E-state index contributed by atoms with van der Waals surface area (Å²) in [5.41, 5.74) is 4.26. The molecule has 4 aromatic carbocycles. The third-order valence-electron chi connectivity index (χ3n) is 5.78. The van der Waals surface area contributed by atoms with Gasteiger partial charge in [0.05, 0.1) is 12.3 Å². The fraction of sp³-hybridized carbons (Fsp3) is 0.115. The number of aryl methyl sites for hydroxylation is 1. The van der Waals surface area contributed by atoms with E-state index in [4.69, 9.17) is 1.37 Å². The normalized spacial score (nSPS) is 12.1. The number of nitrogens with zero attached hydrogens (tertiary/aromatic N) is 1. The summed E-state index contributed by atoms with van der Waals surface area (Å²) in [4.78, 5) is 0. The number of aromatic nitrogens is 1. The number of halogens is 1. The number of rotatable bonds is 1. The van der Waals surface area contributed by atoms with Crippen LogP contribution in [0, 0.1) is 19.7 Å². The van der Waals surface area contributed by atoms with Crippen LogP contribution >= 0.6 is 0 Å². The molecule has 0 fully saturated rings. The van der Waals surface area contributed by atoms with Crippen molar-refractivity contribution in [2.45, 2.75) is 13.8 Å². The molecule has 0 amide bonds. The van der Waals surface area contributed by atoms with Crippen molar-refractivity contribution in [2.75, 3.05) is 0 Å². The highest BCUT2D eigenvalue weighted by Gasteiger charge is 2.23. The molecule has 1 nitrogen and oxygen atoms in total. The Morgan fingerprint density at radius 2 is 1.50 bits per heavy atom. The van der Waals surface area contributed by atoms with Crippen LogP contribution < -0.4 is 4.57 Å². The van der Waals surface area contributed by atoms with E-state index < -0.39 is 0 Å².